The van der Waals surface area contributed by atoms with Crippen LogP contribution in [0.25, 0.3) is 0 Å². The van der Waals surface area contributed by atoms with Crippen molar-refractivity contribution in [3.63, 3.8) is 0 Å². The highest BCUT2D eigenvalue weighted by molar-refractivity contribution is 7.13. The number of thiazole rings is 1. The molecule has 1 aromatic carbocycles. The number of carbonyl (C=O) groups excluding carboxylic acids is 2. The number of halogens is 1. The van der Waals surface area contributed by atoms with Crippen LogP contribution in [0.1, 0.15) is 37.0 Å². The molecule has 2 aromatic rings. The molecule has 0 aliphatic carbocycles. The van der Waals surface area contributed by atoms with Gasteiger partial charge in [-0.1, -0.05) is 0 Å². The molecule has 1 aromatic heterocycles. The normalized spacial score (nSPS) is 14.6. The molecule has 1 fully saturated rings. The second kappa shape index (κ2) is 9.91. The van der Waals surface area contributed by atoms with Crippen molar-refractivity contribution < 1.29 is 18.7 Å². The first-order valence-corrected chi connectivity index (χ1v) is 10.4. The molecule has 0 atom stereocenters. The van der Waals surface area contributed by atoms with E-state index >= 15 is 0 Å². The summed E-state index contributed by atoms with van der Waals surface area (Å²) in [6.45, 7) is 8.05. The number of benzene rings is 1. The zero-order valence-electron chi connectivity index (χ0n) is 16.6. The minimum atomic E-state index is -0.611. The highest BCUT2D eigenvalue weighted by atomic mass is 32.1. The molecule has 1 aliphatic heterocycles. The van der Waals surface area contributed by atoms with Crippen molar-refractivity contribution in [2.45, 2.75) is 20.3 Å². The van der Waals surface area contributed by atoms with Gasteiger partial charge < -0.3 is 15.4 Å². The Morgan fingerprint density at radius 2 is 2.00 bits per heavy atom. The number of hydrogen-bond acceptors (Lipinski definition) is 6. The second-order valence-electron chi connectivity index (χ2n) is 6.91. The smallest absolute Gasteiger partial charge is 0.267 e. The molecule has 0 spiro atoms. The van der Waals surface area contributed by atoms with Crippen LogP contribution in [-0.2, 0) is 4.74 Å². The largest absolute Gasteiger partial charge is 0.379 e. The lowest BCUT2D eigenvalue weighted by molar-refractivity contribution is 0.0374. The minimum absolute atomic E-state index is 0.0854. The molecule has 1 aliphatic rings. The molecule has 7 nitrogen and oxygen atoms in total. The fraction of sp³-hybridized carbons (Fsp3) is 0.450. The fourth-order valence-electron chi connectivity index (χ4n) is 3.06. The van der Waals surface area contributed by atoms with E-state index in [9.17, 15) is 14.0 Å². The summed E-state index contributed by atoms with van der Waals surface area (Å²) in [7, 11) is 0. The number of carbonyl (C=O) groups is 2. The van der Waals surface area contributed by atoms with Crippen LogP contribution < -0.4 is 10.6 Å². The summed E-state index contributed by atoms with van der Waals surface area (Å²) in [4.78, 5) is 31.6. The molecule has 2 N–H and O–H groups in total. The lowest BCUT2D eigenvalue weighted by atomic mass is 10.1. The Kier molecular flexibility index (Phi) is 7.29. The van der Waals surface area contributed by atoms with E-state index in [2.05, 4.69) is 20.5 Å². The molecule has 2 heterocycles. The highest BCUT2D eigenvalue weighted by Gasteiger charge is 2.17. The van der Waals surface area contributed by atoms with Crippen molar-refractivity contribution in [2.24, 2.45) is 0 Å². The molecule has 0 saturated carbocycles. The number of amides is 2. The summed E-state index contributed by atoms with van der Waals surface area (Å²) in [5.41, 5.74) is 0.861. The van der Waals surface area contributed by atoms with Crippen LogP contribution in [0.2, 0.25) is 0 Å². The van der Waals surface area contributed by atoms with Gasteiger partial charge in [0.15, 0.2) is 0 Å². The third-order valence-corrected chi connectivity index (χ3v) is 5.60. The lowest BCUT2D eigenvalue weighted by Gasteiger charge is -2.26. The molecule has 2 amide bonds. The van der Waals surface area contributed by atoms with Crippen molar-refractivity contribution in [2.75, 3.05) is 44.7 Å². The number of nitrogens with zero attached hydrogens (tertiary/aromatic N) is 2. The maximum Gasteiger partial charge on any atom is 0.267 e. The van der Waals surface area contributed by atoms with Gasteiger partial charge in [-0.2, -0.15) is 0 Å². The van der Waals surface area contributed by atoms with Crippen LogP contribution in [-0.4, -0.2) is 61.1 Å². The number of aromatic nitrogens is 1. The minimum Gasteiger partial charge on any atom is -0.379 e. The maximum absolute atomic E-state index is 14.3. The number of aryl methyl sites for hydroxylation is 2. The Morgan fingerprint density at radius 3 is 2.69 bits per heavy atom. The Balaban J connectivity index is 1.58. The lowest BCUT2D eigenvalue weighted by Crippen LogP contribution is -2.38. The predicted octanol–water partition coefficient (Wildman–Crippen LogP) is 2.60. The number of morpholine rings is 1. The van der Waals surface area contributed by atoms with Gasteiger partial charge in [0.25, 0.3) is 11.8 Å². The van der Waals surface area contributed by atoms with Crippen molar-refractivity contribution >= 4 is 28.8 Å². The second-order valence-corrected chi connectivity index (χ2v) is 8.14. The van der Waals surface area contributed by atoms with Crippen molar-refractivity contribution in [3.05, 3.63) is 45.2 Å². The quantitative estimate of drug-likeness (QED) is 0.673. The van der Waals surface area contributed by atoms with Crippen LogP contribution in [0.15, 0.2) is 18.3 Å². The average molecular weight is 421 g/mol. The van der Waals surface area contributed by atoms with E-state index in [1.165, 1.54) is 29.7 Å². The Labute approximate surface area is 173 Å². The molecule has 9 heteroatoms. The first-order chi connectivity index (χ1) is 13.9. The summed E-state index contributed by atoms with van der Waals surface area (Å²) < 4.78 is 19.6. The first-order valence-electron chi connectivity index (χ1n) is 9.56. The van der Waals surface area contributed by atoms with Gasteiger partial charge in [0.1, 0.15) is 10.7 Å². The first kappa shape index (κ1) is 21.4. The Hall–Kier alpha value is -2.36. The van der Waals surface area contributed by atoms with Crippen LogP contribution in [0, 0.1) is 19.7 Å². The van der Waals surface area contributed by atoms with Gasteiger partial charge in [0.05, 0.1) is 30.0 Å². The molecule has 156 valence electrons. The van der Waals surface area contributed by atoms with Gasteiger partial charge in [-0.3, -0.25) is 14.5 Å². The van der Waals surface area contributed by atoms with E-state index in [1.807, 2.05) is 6.92 Å². The third kappa shape index (κ3) is 5.81. The number of hydrogen-bond donors (Lipinski definition) is 2. The monoisotopic (exact) mass is 420 g/mol. The van der Waals surface area contributed by atoms with Crippen LogP contribution >= 0.6 is 11.3 Å². The maximum atomic E-state index is 14.3. The van der Waals surface area contributed by atoms with E-state index in [-0.39, 0.29) is 11.5 Å². The summed E-state index contributed by atoms with van der Waals surface area (Å²) in [5.74, 6) is -1.43. The SMILES string of the molecule is Cc1ncc(C(=O)Nc2cc(C(=O)NCCCN3CCOCC3)c(F)cc2C)s1. The van der Waals surface area contributed by atoms with Gasteiger partial charge in [-0.15, -0.1) is 11.3 Å². The average Bonchev–Trinajstić information content (AvgIpc) is 3.14. The van der Waals surface area contributed by atoms with E-state index in [4.69, 9.17) is 4.74 Å². The van der Waals surface area contributed by atoms with E-state index < -0.39 is 11.7 Å². The molecule has 0 bridgehead atoms. The fourth-order valence-corrected chi connectivity index (χ4v) is 3.73. The molecule has 3 rings (SSSR count). The number of ether oxygens (including phenoxy) is 1. The summed E-state index contributed by atoms with van der Waals surface area (Å²) in [5, 5.41) is 6.28. The van der Waals surface area contributed by atoms with Gasteiger partial charge in [0, 0.05) is 25.3 Å². The topological polar surface area (TPSA) is 83.6 Å². The summed E-state index contributed by atoms with van der Waals surface area (Å²) in [6.07, 6.45) is 2.27. The summed E-state index contributed by atoms with van der Waals surface area (Å²) in [6, 6.07) is 2.64. The zero-order chi connectivity index (χ0) is 20.8. The van der Waals surface area contributed by atoms with E-state index in [0.29, 0.717) is 22.7 Å². The zero-order valence-corrected chi connectivity index (χ0v) is 17.4. The van der Waals surface area contributed by atoms with Crippen LogP contribution in [0.4, 0.5) is 10.1 Å². The highest BCUT2D eigenvalue weighted by Crippen LogP contribution is 2.22. The van der Waals surface area contributed by atoms with Gasteiger partial charge in [0.2, 0.25) is 0 Å². The van der Waals surface area contributed by atoms with Crippen molar-refractivity contribution in [1.82, 2.24) is 15.2 Å². The van der Waals surface area contributed by atoms with Crippen molar-refractivity contribution in [3.8, 4) is 0 Å². The van der Waals surface area contributed by atoms with E-state index in [0.717, 1.165) is 44.3 Å². The Morgan fingerprint density at radius 1 is 1.24 bits per heavy atom. The molecule has 0 unspecified atom stereocenters. The number of anilines is 1. The molecular weight excluding hydrogens is 395 g/mol. The number of nitrogens with one attached hydrogen (secondary N) is 2. The predicted molar refractivity (Wildman–Crippen MR) is 110 cm³/mol. The Bertz CT molecular complexity index is 881. The van der Waals surface area contributed by atoms with Gasteiger partial charge >= 0.3 is 0 Å². The summed E-state index contributed by atoms with van der Waals surface area (Å²) >= 11 is 1.27. The molecule has 0 radical (unpaired) electrons. The standard InChI is InChI=1S/C20H25FN4O3S/c1-13-10-16(21)15(11-17(13)24-20(27)18-12-23-14(2)29-18)19(26)22-4-3-5-25-6-8-28-9-7-25/h10-12H,3-9H2,1-2H3,(H,22,26)(H,24,27). The van der Waals surface area contributed by atoms with Gasteiger partial charge in [-0.05, 0) is 44.5 Å². The molecule has 29 heavy (non-hydrogen) atoms. The van der Waals surface area contributed by atoms with Crippen molar-refractivity contribution in [1.29, 1.82) is 0 Å². The third-order valence-electron chi connectivity index (χ3n) is 4.69. The van der Waals surface area contributed by atoms with Gasteiger partial charge in [-0.25, -0.2) is 9.37 Å². The van der Waals surface area contributed by atoms with Crippen LogP contribution in [0.5, 0.6) is 0 Å². The molecular formula is C20H25FN4O3S. The van der Waals surface area contributed by atoms with Crippen LogP contribution in [0.3, 0.4) is 0 Å². The number of rotatable bonds is 7. The van der Waals surface area contributed by atoms with E-state index in [1.54, 1.807) is 6.92 Å². The molecule has 1 saturated heterocycles.